The molecule has 1 aromatic rings. The molecule has 1 saturated carbocycles. The SMILES string of the molecule is CCc1ccc(CC(=O)C2(O)CCC(C)CC2)s1. The molecule has 1 heterocycles. The fourth-order valence-electron chi connectivity index (χ4n) is 2.55. The molecule has 100 valence electrons. The van der Waals surface area contributed by atoms with Crippen molar-refractivity contribution in [1.82, 2.24) is 0 Å². The third kappa shape index (κ3) is 3.01. The van der Waals surface area contributed by atoms with Crippen molar-refractivity contribution in [2.45, 2.75) is 58.0 Å². The van der Waals surface area contributed by atoms with Gasteiger partial charge in [0.1, 0.15) is 5.60 Å². The smallest absolute Gasteiger partial charge is 0.169 e. The average Bonchev–Trinajstić information content (AvgIpc) is 2.81. The molecular weight excluding hydrogens is 244 g/mol. The molecule has 1 fully saturated rings. The van der Waals surface area contributed by atoms with E-state index in [0.717, 1.165) is 24.1 Å². The van der Waals surface area contributed by atoms with Gasteiger partial charge in [0.15, 0.2) is 5.78 Å². The first kappa shape index (κ1) is 13.8. The van der Waals surface area contributed by atoms with Crippen molar-refractivity contribution in [3.63, 3.8) is 0 Å². The van der Waals surface area contributed by atoms with Crippen molar-refractivity contribution < 1.29 is 9.90 Å². The molecule has 0 aromatic carbocycles. The van der Waals surface area contributed by atoms with Gasteiger partial charge in [-0.2, -0.15) is 0 Å². The van der Waals surface area contributed by atoms with Gasteiger partial charge in [0.25, 0.3) is 0 Å². The fourth-order valence-corrected chi connectivity index (χ4v) is 3.51. The molecule has 0 saturated heterocycles. The Hall–Kier alpha value is -0.670. The second-order valence-corrected chi connectivity index (χ2v) is 6.79. The Kier molecular flexibility index (Phi) is 4.23. The van der Waals surface area contributed by atoms with Gasteiger partial charge in [-0.3, -0.25) is 4.79 Å². The first-order valence-corrected chi connectivity index (χ1v) is 7.68. The van der Waals surface area contributed by atoms with E-state index in [9.17, 15) is 9.90 Å². The third-order valence-corrected chi connectivity index (χ3v) is 5.25. The highest BCUT2D eigenvalue weighted by Gasteiger charge is 2.38. The van der Waals surface area contributed by atoms with E-state index in [1.807, 2.05) is 6.07 Å². The van der Waals surface area contributed by atoms with Crippen LogP contribution in [0.4, 0.5) is 0 Å². The largest absolute Gasteiger partial charge is 0.382 e. The number of thiophene rings is 1. The van der Waals surface area contributed by atoms with Crippen molar-refractivity contribution in [2.24, 2.45) is 5.92 Å². The zero-order valence-corrected chi connectivity index (χ0v) is 12.1. The van der Waals surface area contributed by atoms with Gasteiger partial charge in [-0.05, 0) is 50.2 Å². The second kappa shape index (κ2) is 5.54. The maximum Gasteiger partial charge on any atom is 0.169 e. The van der Waals surface area contributed by atoms with Gasteiger partial charge < -0.3 is 5.11 Å². The van der Waals surface area contributed by atoms with Crippen LogP contribution in [0.15, 0.2) is 12.1 Å². The first-order chi connectivity index (χ1) is 8.53. The van der Waals surface area contributed by atoms with Crippen molar-refractivity contribution >= 4 is 17.1 Å². The van der Waals surface area contributed by atoms with Crippen LogP contribution in [0.2, 0.25) is 0 Å². The Labute approximate surface area is 113 Å². The van der Waals surface area contributed by atoms with Crippen molar-refractivity contribution in [2.75, 3.05) is 0 Å². The van der Waals surface area contributed by atoms with Gasteiger partial charge in [-0.25, -0.2) is 0 Å². The van der Waals surface area contributed by atoms with Gasteiger partial charge in [0.05, 0.1) is 0 Å². The summed E-state index contributed by atoms with van der Waals surface area (Å²) in [5.41, 5.74) is -1.05. The molecule has 0 amide bonds. The molecule has 0 spiro atoms. The quantitative estimate of drug-likeness (QED) is 0.907. The summed E-state index contributed by atoms with van der Waals surface area (Å²) in [5.74, 6) is 0.658. The molecule has 1 N–H and O–H groups in total. The Morgan fingerprint density at radius 1 is 1.39 bits per heavy atom. The van der Waals surface area contributed by atoms with Crippen LogP contribution in [0.25, 0.3) is 0 Å². The maximum atomic E-state index is 12.3. The van der Waals surface area contributed by atoms with Crippen molar-refractivity contribution in [1.29, 1.82) is 0 Å². The number of carbonyl (C=O) groups excluding carboxylic acids is 1. The highest BCUT2D eigenvalue weighted by Crippen LogP contribution is 2.33. The van der Waals surface area contributed by atoms with E-state index < -0.39 is 5.60 Å². The molecule has 3 heteroatoms. The number of rotatable bonds is 4. The number of carbonyl (C=O) groups is 1. The van der Waals surface area contributed by atoms with Gasteiger partial charge >= 0.3 is 0 Å². The Bertz CT molecular complexity index is 414. The van der Waals surface area contributed by atoms with E-state index in [4.69, 9.17) is 0 Å². The van der Waals surface area contributed by atoms with Crippen LogP contribution in [0.5, 0.6) is 0 Å². The molecule has 18 heavy (non-hydrogen) atoms. The molecule has 2 rings (SSSR count). The molecule has 2 nitrogen and oxygen atoms in total. The topological polar surface area (TPSA) is 37.3 Å². The Balaban J connectivity index is 1.98. The molecule has 0 unspecified atom stereocenters. The summed E-state index contributed by atoms with van der Waals surface area (Å²) in [6.45, 7) is 4.31. The summed E-state index contributed by atoms with van der Waals surface area (Å²) in [4.78, 5) is 14.6. The minimum Gasteiger partial charge on any atom is -0.382 e. The highest BCUT2D eigenvalue weighted by molar-refractivity contribution is 7.12. The summed E-state index contributed by atoms with van der Waals surface area (Å²) in [6.07, 6.45) is 4.62. The summed E-state index contributed by atoms with van der Waals surface area (Å²) in [5, 5.41) is 10.4. The van der Waals surface area contributed by atoms with Crippen LogP contribution in [0, 0.1) is 5.92 Å². The van der Waals surface area contributed by atoms with Crippen LogP contribution < -0.4 is 0 Å². The van der Waals surface area contributed by atoms with E-state index in [0.29, 0.717) is 25.2 Å². The molecule has 0 bridgehead atoms. The fraction of sp³-hybridized carbons (Fsp3) is 0.667. The first-order valence-electron chi connectivity index (χ1n) is 6.87. The molecule has 0 aliphatic heterocycles. The predicted molar refractivity (Wildman–Crippen MR) is 75.0 cm³/mol. The van der Waals surface area contributed by atoms with Crippen molar-refractivity contribution in [3.05, 3.63) is 21.9 Å². The number of Topliss-reactive ketones (excluding diaryl/α,β-unsaturated/α-hetero) is 1. The molecule has 0 atom stereocenters. The van der Waals surface area contributed by atoms with E-state index >= 15 is 0 Å². The van der Waals surface area contributed by atoms with Crippen LogP contribution in [-0.4, -0.2) is 16.5 Å². The lowest BCUT2D eigenvalue weighted by atomic mass is 9.76. The lowest BCUT2D eigenvalue weighted by molar-refractivity contribution is -0.140. The normalized spacial score (nSPS) is 28.3. The van der Waals surface area contributed by atoms with Gasteiger partial charge in [-0.1, -0.05) is 13.8 Å². The number of hydrogen-bond donors (Lipinski definition) is 1. The molecule has 1 aliphatic carbocycles. The second-order valence-electron chi connectivity index (χ2n) is 5.54. The zero-order valence-electron chi connectivity index (χ0n) is 11.2. The Morgan fingerprint density at radius 3 is 2.56 bits per heavy atom. The van der Waals surface area contributed by atoms with Gasteiger partial charge in [0, 0.05) is 16.2 Å². The Morgan fingerprint density at radius 2 is 2.00 bits per heavy atom. The van der Waals surface area contributed by atoms with Crippen molar-refractivity contribution in [3.8, 4) is 0 Å². The summed E-state index contributed by atoms with van der Waals surface area (Å²) >= 11 is 1.69. The number of ketones is 1. The average molecular weight is 266 g/mol. The summed E-state index contributed by atoms with van der Waals surface area (Å²) in [6, 6.07) is 4.11. The lowest BCUT2D eigenvalue weighted by Crippen LogP contribution is -2.42. The lowest BCUT2D eigenvalue weighted by Gasteiger charge is -2.33. The molecule has 1 aliphatic rings. The maximum absolute atomic E-state index is 12.3. The van der Waals surface area contributed by atoms with Crippen LogP contribution in [0.1, 0.15) is 49.3 Å². The molecule has 1 aromatic heterocycles. The van der Waals surface area contributed by atoms with Crippen LogP contribution in [-0.2, 0) is 17.6 Å². The molecule has 0 radical (unpaired) electrons. The van der Waals surface area contributed by atoms with E-state index in [1.54, 1.807) is 11.3 Å². The number of hydrogen-bond acceptors (Lipinski definition) is 3. The predicted octanol–water partition coefficient (Wildman–Crippen LogP) is 3.36. The van der Waals surface area contributed by atoms with Crippen LogP contribution >= 0.6 is 11.3 Å². The summed E-state index contributed by atoms with van der Waals surface area (Å²) in [7, 11) is 0. The minimum absolute atomic E-state index is 0.0129. The standard InChI is InChI=1S/C15H22O2S/c1-3-12-4-5-13(18-12)10-14(16)15(17)8-6-11(2)7-9-15/h4-5,11,17H,3,6-10H2,1-2H3. The number of aryl methyl sites for hydroxylation is 1. The van der Waals surface area contributed by atoms with Gasteiger partial charge in [0.2, 0.25) is 0 Å². The minimum atomic E-state index is -1.05. The van der Waals surface area contributed by atoms with Gasteiger partial charge in [-0.15, -0.1) is 11.3 Å². The van der Waals surface area contributed by atoms with Crippen LogP contribution in [0.3, 0.4) is 0 Å². The summed E-state index contributed by atoms with van der Waals surface area (Å²) < 4.78 is 0. The monoisotopic (exact) mass is 266 g/mol. The number of aliphatic hydroxyl groups is 1. The third-order valence-electron chi connectivity index (χ3n) is 4.02. The van der Waals surface area contributed by atoms with E-state index in [-0.39, 0.29) is 5.78 Å². The zero-order chi connectivity index (χ0) is 13.2. The highest BCUT2D eigenvalue weighted by atomic mass is 32.1. The van der Waals surface area contributed by atoms with E-state index in [2.05, 4.69) is 19.9 Å². The van der Waals surface area contributed by atoms with E-state index in [1.165, 1.54) is 4.88 Å². The molecular formula is C15H22O2S.